The van der Waals surface area contributed by atoms with Crippen LogP contribution in [0, 0.1) is 11.3 Å². The number of aromatic hydroxyl groups is 1. The Morgan fingerprint density at radius 1 is 1.50 bits per heavy atom. The van der Waals surface area contributed by atoms with Gasteiger partial charge in [-0.15, -0.1) is 0 Å². The number of hydrogen-bond donors (Lipinski definition) is 2. The zero-order chi connectivity index (χ0) is 17.7. The zero-order valence-electron chi connectivity index (χ0n) is 13.2. The second kappa shape index (κ2) is 7.75. The van der Waals surface area contributed by atoms with Gasteiger partial charge in [-0.1, -0.05) is 17.8 Å². The molecule has 2 N–H and O–H groups in total. The topological polar surface area (TPSA) is 109 Å². The third-order valence-corrected chi connectivity index (χ3v) is 4.51. The first kappa shape index (κ1) is 17.7. The van der Waals surface area contributed by atoms with Gasteiger partial charge in [0.1, 0.15) is 0 Å². The highest BCUT2D eigenvalue weighted by Gasteiger charge is 2.30. The molecule has 7 nitrogen and oxygen atoms in total. The van der Waals surface area contributed by atoms with Crippen LogP contribution in [0.2, 0.25) is 0 Å². The van der Waals surface area contributed by atoms with Crippen LogP contribution in [-0.2, 0) is 14.3 Å². The molecule has 0 radical (unpaired) electrons. The summed E-state index contributed by atoms with van der Waals surface area (Å²) in [4.78, 5) is 23.3. The Balaban J connectivity index is 2.38. The molecule has 0 fully saturated rings. The highest BCUT2D eigenvalue weighted by Crippen LogP contribution is 2.38. The highest BCUT2D eigenvalue weighted by atomic mass is 32.2. The van der Waals surface area contributed by atoms with Crippen LogP contribution in [0.4, 0.5) is 0 Å². The molecular formula is C16H16N2O5S. The molecule has 0 bridgehead atoms. The molecule has 0 unspecified atom stereocenters. The second-order valence-electron chi connectivity index (χ2n) is 4.96. The van der Waals surface area contributed by atoms with Gasteiger partial charge in [-0.25, -0.2) is 0 Å². The molecule has 2 rings (SSSR count). The van der Waals surface area contributed by atoms with E-state index in [4.69, 9.17) is 4.74 Å². The van der Waals surface area contributed by atoms with E-state index in [2.05, 4.69) is 16.1 Å². The number of ether oxygens (including phenoxy) is 2. The average Bonchev–Trinajstić information content (AvgIpc) is 2.59. The second-order valence-corrected chi connectivity index (χ2v) is 5.94. The van der Waals surface area contributed by atoms with Crippen molar-refractivity contribution in [2.45, 2.75) is 12.3 Å². The number of nitriles is 1. The van der Waals surface area contributed by atoms with Crippen molar-refractivity contribution in [1.29, 1.82) is 5.26 Å². The number of rotatable bonds is 5. The molecule has 1 atom stereocenters. The van der Waals surface area contributed by atoms with Crippen LogP contribution in [0.1, 0.15) is 17.9 Å². The van der Waals surface area contributed by atoms with Gasteiger partial charge in [-0.2, -0.15) is 5.26 Å². The number of carbonyl (C=O) groups is 2. The first-order valence-electron chi connectivity index (χ1n) is 7.00. The first-order valence-corrected chi connectivity index (χ1v) is 7.99. The Morgan fingerprint density at radius 2 is 2.25 bits per heavy atom. The largest absolute Gasteiger partial charge is 0.504 e. The Hall–Kier alpha value is -2.66. The number of carbonyl (C=O) groups excluding carboxylic acids is 2. The summed E-state index contributed by atoms with van der Waals surface area (Å²) in [5.74, 6) is -0.948. The molecule has 1 heterocycles. The predicted molar refractivity (Wildman–Crippen MR) is 87.3 cm³/mol. The van der Waals surface area contributed by atoms with Crippen molar-refractivity contribution >= 4 is 23.6 Å². The van der Waals surface area contributed by atoms with Gasteiger partial charge in [0.2, 0.25) is 5.91 Å². The minimum Gasteiger partial charge on any atom is -0.504 e. The van der Waals surface area contributed by atoms with Crippen molar-refractivity contribution in [3.8, 4) is 17.6 Å². The van der Waals surface area contributed by atoms with Gasteiger partial charge in [0.15, 0.2) is 11.5 Å². The summed E-state index contributed by atoms with van der Waals surface area (Å²) in [7, 11) is 2.69. The summed E-state index contributed by atoms with van der Waals surface area (Å²) in [6.45, 7) is 0. The van der Waals surface area contributed by atoms with Gasteiger partial charge in [0.05, 0.1) is 36.6 Å². The molecule has 8 heteroatoms. The van der Waals surface area contributed by atoms with E-state index in [1.807, 2.05) is 0 Å². The Morgan fingerprint density at radius 3 is 2.88 bits per heavy atom. The van der Waals surface area contributed by atoms with E-state index >= 15 is 0 Å². The van der Waals surface area contributed by atoms with E-state index in [0.29, 0.717) is 16.2 Å². The summed E-state index contributed by atoms with van der Waals surface area (Å²) in [5.41, 5.74) is 1.03. The van der Waals surface area contributed by atoms with Gasteiger partial charge in [0.25, 0.3) is 0 Å². The van der Waals surface area contributed by atoms with Crippen LogP contribution in [0.5, 0.6) is 11.5 Å². The summed E-state index contributed by atoms with van der Waals surface area (Å²) in [5, 5.41) is 22.2. The molecule has 1 aromatic carbocycles. The molecule has 1 aliphatic heterocycles. The standard InChI is InChI=1S/C16H16N2O5S/c1-22-13-5-9(3-4-12(13)19)10-6-14(20)18-16(11(10)7-17)24-8-15(21)23-2/h3-5,10,19H,6,8H2,1-2H3,(H,18,20)/t10-/m1/s1. The quantitative estimate of drug-likeness (QED) is 0.779. The van der Waals surface area contributed by atoms with E-state index in [1.165, 1.54) is 20.3 Å². The molecular weight excluding hydrogens is 332 g/mol. The summed E-state index contributed by atoms with van der Waals surface area (Å²) >= 11 is 1.05. The Bertz CT molecular complexity index is 738. The number of esters is 1. The number of amides is 1. The number of allylic oxidation sites excluding steroid dienone is 1. The molecule has 0 aromatic heterocycles. The van der Waals surface area contributed by atoms with Crippen molar-refractivity contribution in [3.63, 3.8) is 0 Å². The SMILES string of the molecule is COC(=O)CSC1=C(C#N)[C@@H](c2ccc(O)c(OC)c2)CC(=O)N1. The number of nitrogens with one attached hydrogen (secondary N) is 1. The fraction of sp³-hybridized carbons (Fsp3) is 0.312. The van der Waals surface area contributed by atoms with Gasteiger partial charge < -0.3 is 19.9 Å². The van der Waals surface area contributed by atoms with Gasteiger partial charge in [-0.05, 0) is 17.7 Å². The van der Waals surface area contributed by atoms with E-state index in [-0.39, 0.29) is 29.6 Å². The van der Waals surface area contributed by atoms with Crippen molar-refractivity contribution < 1.29 is 24.2 Å². The van der Waals surface area contributed by atoms with Crippen LogP contribution >= 0.6 is 11.8 Å². The monoisotopic (exact) mass is 348 g/mol. The molecule has 1 aromatic rings. The molecule has 126 valence electrons. The number of phenols is 1. The summed E-state index contributed by atoms with van der Waals surface area (Å²) in [6.07, 6.45) is 0.0963. The fourth-order valence-corrected chi connectivity index (χ4v) is 3.23. The number of methoxy groups -OCH3 is 2. The van der Waals surface area contributed by atoms with Crippen molar-refractivity contribution in [2.75, 3.05) is 20.0 Å². The number of thioether (sulfide) groups is 1. The van der Waals surface area contributed by atoms with Crippen LogP contribution in [0.25, 0.3) is 0 Å². The molecule has 1 aliphatic rings. The Kier molecular flexibility index (Phi) is 5.71. The number of hydrogen-bond acceptors (Lipinski definition) is 7. The lowest BCUT2D eigenvalue weighted by atomic mass is 9.87. The first-order chi connectivity index (χ1) is 11.5. The summed E-state index contributed by atoms with van der Waals surface area (Å²) < 4.78 is 9.65. The number of benzene rings is 1. The molecule has 0 saturated heterocycles. The van der Waals surface area contributed by atoms with Gasteiger partial charge in [0, 0.05) is 12.3 Å². The van der Waals surface area contributed by atoms with Crippen LogP contribution in [0.15, 0.2) is 28.8 Å². The average molecular weight is 348 g/mol. The lowest BCUT2D eigenvalue weighted by Crippen LogP contribution is -2.31. The molecule has 0 aliphatic carbocycles. The number of phenolic OH excluding ortho intramolecular Hbond substituents is 1. The Labute approximate surface area is 143 Å². The van der Waals surface area contributed by atoms with Gasteiger partial charge >= 0.3 is 5.97 Å². The van der Waals surface area contributed by atoms with E-state index in [0.717, 1.165) is 11.8 Å². The van der Waals surface area contributed by atoms with Crippen molar-refractivity contribution in [2.24, 2.45) is 0 Å². The lowest BCUT2D eigenvalue weighted by Gasteiger charge is -2.25. The molecule has 0 spiro atoms. The maximum absolute atomic E-state index is 12.0. The maximum atomic E-state index is 12.0. The van der Waals surface area contributed by atoms with Crippen LogP contribution in [-0.4, -0.2) is 37.0 Å². The van der Waals surface area contributed by atoms with E-state index in [9.17, 15) is 20.0 Å². The fourth-order valence-electron chi connectivity index (χ4n) is 2.32. The minimum absolute atomic E-state index is 0.0110. The van der Waals surface area contributed by atoms with Crippen molar-refractivity contribution in [3.05, 3.63) is 34.4 Å². The molecule has 24 heavy (non-hydrogen) atoms. The lowest BCUT2D eigenvalue weighted by molar-refractivity contribution is -0.137. The predicted octanol–water partition coefficient (Wildman–Crippen LogP) is 1.65. The van der Waals surface area contributed by atoms with Crippen LogP contribution < -0.4 is 10.1 Å². The van der Waals surface area contributed by atoms with E-state index in [1.54, 1.807) is 12.1 Å². The smallest absolute Gasteiger partial charge is 0.316 e. The van der Waals surface area contributed by atoms with Gasteiger partial charge in [-0.3, -0.25) is 9.59 Å². The maximum Gasteiger partial charge on any atom is 0.316 e. The van der Waals surface area contributed by atoms with Crippen molar-refractivity contribution in [1.82, 2.24) is 5.32 Å². The third-order valence-electron chi connectivity index (χ3n) is 3.52. The van der Waals surface area contributed by atoms with E-state index < -0.39 is 11.9 Å². The normalized spacial score (nSPS) is 17.0. The highest BCUT2D eigenvalue weighted by molar-refractivity contribution is 8.03. The summed E-state index contributed by atoms with van der Waals surface area (Å²) in [6, 6.07) is 6.80. The third kappa shape index (κ3) is 3.81. The number of nitrogens with zero attached hydrogens (tertiary/aromatic N) is 1. The van der Waals surface area contributed by atoms with Crippen LogP contribution in [0.3, 0.4) is 0 Å². The minimum atomic E-state index is -0.474. The molecule has 0 saturated carbocycles. The molecule has 1 amide bonds. The zero-order valence-corrected chi connectivity index (χ0v) is 14.0.